The van der Waals surface area contributed by atoms with Crippen molar-refractivity contribution >= 4 is 15.5 Å². The molecule has 0 radical (unpaired) electrons. The van der Waals surface area contributed by atoms with E-state index in [0.717, 1.165) is 27.9 Å². The topological polar surface area (TPSA) is 74.2 Å². The van der Waals surface area contributed by atoms with Gasteiger partial charge in [0.15, 0.2) is 0 Å². The van der Waals surface area contributed by atoms with Crippen LogP contribution in [0.2, 0.25) is 0 Å². The van der Waals surface area contributed by atoms with E-state index in [4.69, 9.17) is 5.10 Å². The third-order valence-electron chi connectivity index (χ3n) is 5.41. The van der Waals surface area contributed by atoms with Crippen molar-refractivity contribution < 1.29 is 8.42 Å². The quantitative estimate of drug-likeness (QED) is 0.430. The summed E-state index contributed by atoms with van der Waals surface area (Å²) in [6.45, 7) is 3.58. The first-order valence-corrected chi connectivity index (χ1v) is 11.3. The van der Waals surface area contributed by atoms with Crippen molar-refractivity contribution in [3.05, 3.63) is 84.6 Å². The van der Waals surface area contributed by atoms with Crippen molar-refractivity contribution in [3.8, 4) is 22.4 Å². The van der Waals surface area contributed by atoms with E-state index >= 15 is 0 Å². The molecule has 5 aromatic rings. The summed E-state index contributed by atoms with van der Waals surface area (Å²) in [6.07, 6.45) is 5.60. The molecule has 8 heteroatoms. The highest BCUT2D eigenvalue weighted by molar-refractivity contribution is 7.90. The minimum Gasteiger partial charge on any atom is -0.275 e. The molecule has 0 bridgehead atoms. The average Bonchev–Trinajstić information content (AvgIpc) is 3.44. The summed E-state index contributed by atoms with van der Waals surface area (Å²) >= 11 is 0. The Bertz CT molecular complexity index is 1500. The maximum Gasteiger partial charge on any atom is 0.268 e. The Morgan fingerprint density at radius 3 is 2.23 bits per heavy atom. The first kappa shape index (κ1) is 19.3. The van der Waals surface area contributed by atoms with Gasteiger partial charge in [-0.05, 0) is 55.8 Å². The van der Waals surface area contributed by atoms with Gasteiger partial charge in [-0.15, -0.1) is 0 Å². The molecule has 0 N–H and O–H groups in total. The van der Waals surface area contributed by atoms with Crippen molar-refractivity contribution in [2.45, 2.75) is 18.7 Å². The normalized spacial score (nSPS) is 12.0. The van der Waals surface area contributed by atoms with Gasteiger partial charge in [0.2, 0.25) is 0 Å². The summed E-state index contributed by atoms with van der Waals surface area (Å²) in [6, 6.07) is 16.5. The fourth-order valence-corrected chi connectivity index (χ4v) is 5.53. The lowest BCUT2D eigenvalue weighted by Crippen LogP contribution is -2.15. The maximum atomic E-state index is 13.2. The van der Waals surface area contributed by atoms with Crippen LogP contribution in [0, 0.1) is 13.8 Å². The fourth-order valence-electron chi connectivity index (χ4n) is 3.96. The Kier molecular flexibility index (Phi) is 4.33. The Hall–Kier alpha value is -3.65. The Morgan fingerprint density at radius 2 is 1.58 bits per heavy atom. The van der Waals surface area contributed by atoms with Crippen LogP contribution in [0.5, 0.6) is 0 Å². The lowest BCUT2D eigenvalue weighted by atomic mass is 10.0. The number of rotatable bonds is 4. The molecule has 0 aliphatic carbocycles. The second kappa shape index (κ2) is 6.95. The first-order valence-electron chi connectivity index (χ1n) is 9.83. The number of hydrogen-bond acceptors (Lipinski definition) is 4. The zero-order valence-electron chi connectivity index (χ0n) is 17.4. The van der Waals surface area contributed by atoms with Gasteiger partial charge in [-0.25, -0.2) is 16.9 Å². The van der Waals surface area contributed by atoms with Gasteiger partial charge in [0.1, 0.15) is 5.69 Å². The highest BCUT2D eigenvalue weighted by Gasteiger charge is 2.22. The molecule has 0 fully saturated rings. The molecule has 0 spiro atoms. The summed E-state index contributed by atoms with van der Waals surface area (Å²) < 4.78 is 31.3. The predicted molar refractivity (Wildman–Crippen MR) is 119 cm³/mol. The number of fused-ring (bicyclic) bond motifs is 1. The molecule has 0 aliphatic heterocycles. The molecule has 0 amide bonds. The molecule has 0 aliphatic rings. The Morgan fingerprint density at radius 1 is 0.871 bits per heavy atom. The summed E-state index contributed by atoms with van der Waals surface area (Å²) in [5, 5.41) is 9.02. The van der Waals surface area contributed by atoms with E-state index in [1.165, 1.54) is 3.97 Å². The van der Waals surface area contributed by atoms with Crippen LogP contribution in [0.15, 0.2) is 78.1 Å². The highest BCUT2D eigenvalue weighted by atomic mass is 32.2. The van der Waals surface area contributed by atoms with Crippen LogP contribution in [-0.4, -0.2) is 31.8 Å². The summed E-state index contributed by atoms with van der Waals surface area (Å²) in [5.74, 6) is 0. The third-order valence-corrected chi connectivity index (χ3v) is 7.33. The third kappa shape index (κ3) is 3.07. The number of aromatic nitrogens is 5. The molecule has 0 saturated heterocycles. The van der Waals surface area contributed by atoms with E-state index in [-0.39, 0.29) is 4.90 Å². The smallest absolute Gasteiger partial charge is 0.268 e. The van der Waals surface area contributed by atoms with E-state index in [2.05, 4.69) is 5.10 Å². The van der Waals surface area contributed by atoms with Crippen LogP contribution in [0.3, 0.4) is 0 Å². The fraction of sp³-hybridized carbons (Fsp3) is 0.130. The van der Waals surface area contributed by atoms with E-state index in [0.29, 0.717) is 11.4 Å². The molecule has 31 heavy (non-hydrogen) atoms. The standard InChI is InChI=1S/C23H21N5O2S/c1-16-7-8-17(2)28(16)31(29,30)20-11-9-18(10-12-20)22-21-6-4-5-13-27(21)25-23(22)19-14-24-26(3)15-19/h4-15H,1-3H3. The lowest BCUT2D eigenvalue weighted by molar-refractivity contribution is 0.585. The van der Waals surface area contributed by atoms with Gasteiger partial charge in [0.05, 0.1) is 16.6 Å². The van der Waals surface area contributed by atoms with Crippen molar-refractivity contribution in [2.75, 3.05) is 0 Å². The van der Waals surface area contributed by atoms with Crippen molar-refractivity contribution in [2.24, 2.45) is 7.05 Å². The predicted octanol–water partition coefficient (Wildman–Crippen LogP) is 4.06. The number of pyridine rings is 1. The van der Waals surface area contributed by atoms with Crippen LogP contribution in [-0.2, 0) is 17.1 Å². The maximum absolute atomic E-state index is 13.2. The molecule has 156 valence electrons. The molecular weight excluding hydrogens is 410 g/mol. The number of benzene rings is 1. The monoisotopic (exact) mass is 431 g/mol. The van der Waals surface area contributed by atoms with Gasteiger partial charge in [-0.1, -0.05) is 18.2 Å². The van der Waals surface area contributed by atoms with E-state index in [9.17, 15) is 8.42 Å². The van der Waals surface area contributed by atoms with Crippen molar-refractivity contribution in [1.29, 1.82) is 0 Å². The van der Waals surface area contributed by atoms with Gasteiger partial charge in [0, 0.05) is 42.0 Å². The molecule has 4 aromatic heterocycles. The van der Waals surface area contributed by atoms with Gasteiger partial charge in [-0.2, -0.15) is 10.2 Å². The molecule has 5 rings (SSSR count). The molecule has 7 nitrogen and oxygen atoms in total. The van der Waals surface area contributed by atoms with Crippen molar-refractivity contribution in [3.63, 3.8) is 0 Å². The van der Waals surface area contributed by atoms with E-state index < -0.39 is 10.0 Å². The number of aryl methyl sites for hydroxylation is 3. The zero-order valence-corrected chi connectivity index (χ0v) is 18.2. The zero-order chi connectivity index (χ0) is 21.8. The molecule has 0 saturated carbocycles. The molecular formula is C23H21N5O2S. The van der Waals surface area contributed by atoms with E-state index in [1.54, 1.807) is 49.0 Å². The second-order valence-electron chi connectivity index (χ2n) is 7.57. The second-order valence-corrected chi connectivity index (χ2v) is 9.35. The summed E-state index contributed by atoms with van der Waals surface area (Å²) in [7, 11) is -1.80. The van der Waals surface area contributed by atoms with Gasteiger partial charge in [-0.3, -0.25) is 4.68 Å². The van der Waals surface area contributed by atoms with Gasteiger partial charge in [0.25, 0.3) is 10.0 Å². The number of nitrogens with zero attached hydrogens (tertiary/aromatic N) is 5. The lowest BCUT2D eigenvalue weighted by Gasteiger charge is -2.11. The van der Waals surface area contributed by atoms with Gasteiger partial charge >= 0.3 is 0 Å². The van der Waals surface area contributed by atoms with Crippen LogP contribution in [0.1, 0.15) is 11.4 Å². The molecule has 0 atom stereocenters. The number of hydrogen-bond donors (Lipinski definition) is 0. The highest BCUT2D eigenvalue weighted by Crippen LogP contribution is 2.35. The Balaban J connectivity index is 1.66. The minimum absolute atomic E-state index is 0.248. The van der Waals surface area contributed by atoms with Crippen LogP contribution < -0.4 is 0 Å². The summed E-state index contributed by atoms with van der Waals surface area (Å²) in [4.78, 5) is 0.248. The van der Waals surface area contributed by atoms with Crippen LogP contribution in [0.25, 0.3) is 27.9 Å². The van der Waals surface area contributed by atoms with Crippen LogP contribution in [0.4, 0.5) is 0 Å². The SMILES string of the molecule is Cc1ccc(C)n1S(=O)(=O)c1ccc(-c2c(-c3cnn(C)c3)nn3ccccc23)cc1. The van der Waals surface area contributed by atoms with Crippen molar-refractivity contribution in [1.82, 2.24) is 23.4 Å². The minimum atomic E-state index is -3.66. The molecule has 1 aromatic carbocycles. The largest absolute Gasteiger partial charge is 0.275 e. The van der Waals surface area contributed by atoms with Gasteiger partial charge < -0.3 is 0 Å². The molecule has 4 heterocycles. The molecule has 0 unspecified atom stereocenters. The first-order chi connectivity index (χ1) is 14.9. The average molecular weight is 432 g/mol. The van der Waals surface area contributed by atoms with Crippen LogP contribution >= 0.6 is 0 Å². The Labute approximate surface area is 180 Å². The summed E-state index contributed by atoms with van der Waals surface area (Å²) in [5.41, 5.74) is 5.83. The van der Waals surface area contributed by atoms with E-state index in [1.807, 2.05) is 54.3 Å².